The molecule has 0 bridgehead atoms. The van der Waals surface area contributed by atoms with Crippen LogP contribution in [0.3, 0.4) is 0 Å². The average molecular weight is 285 g/mol. The van der Waals surface area contributed by atoms with Gasteiger partial charge in [0.05, 0.1) is 11.7 Å². The minimum Gasteiger partial charge on any atom is -0.309 e. The Morgan fingerprint density at radius 2 is 1.81 bits per heavy atom. The molecule has 0 fully saturated rings. The molecule has 0 spiro atoms. The van der Waals surface area contributed by atoms with Crippen molar-refractivity contribution in [3.63, 3.8) is 0 Å². The maximum Gasteiger partial charge on any atom is 0.0553 e. The SMILES string of the molecule is CCNC(Cc1ccc(C(C)(C)C)cc1)c1ccnn1C. The first-order valence-corrected chi connectivity index (χ1v) is 7.72. The Morgan fingerprint density at radius 3 is 2.29 bits per heavy atom. The van der Waals surface area contributed by atoms with E-state index in [1.54, 1.807) is 0 Å². The van der Waals surface area contributed by atoms with Gasteiger partial charge >= 0.3 is 0 Å². The van der Waals surface area contributed by atoms with Gasteiger partial charge in [0.15, 0.2) is 0 Å². The lowest BCUT2D eigenvalue weighted by molar-refractivity contribution is 0.507. The van der Waals surface area contributed by atoms with E-state index in [2.05, 4.69) is 68.4 Å². The number of likely N-dealkylation sites (N-methyl/N-ethyl adjacent to an activating group) is 1. The van der Waals surface area contributed by atoms with Crippen molar-refractivity contribution in [1.29, 1.82) is 0 Å². The van der Waals surface area contributed by atoms with Gasteiger partial charge in [0.2, 0.25) is 0 Å². The van der Waals surface area contributed by atoms with E-state index in [1.165, 1.54) is 16.8 Å². The van der Waals surface area contributed by atoms with Gasteiger partial charge in [-0.3, -0.25) is 4.68 Å². The Bertz CT molecular complexity index is 561. The molecule has 0 amide bonds. The number of nitrogens with zero attached hydrogens (tertiary/aromatic N) is 2. The molecular formula is C18H27N3. The summed E-state index contributed by atoms with van der Waals surface area (Å²) < 4.78 is 1.96. The van der Waals surface area contributed by atoms with Gasteiger partial charge in [-0.25, -0.2) is 0 Å². The van der Waals surface area contributed by atoms with Crippen LogP contribution in [0.25, 0.3) is 0 Å². The minimum atomic E-state index is 0.210. The van der Waals surface area contributed by atoms with E-state index in [9.17, 15) is 0 Å². The van der Waals surface area contributed by atoms with Gasteiger partial charge in [-0.2, -0.15) is 5.10 Å². The van der Waals surface area contributed by atoms with E-state index in [0.717, 1.165) is 13.0 Å². The second kappa shape index (κ2) is 6.44. The van der Waals surface area contributed by atoms with Gasteiger partial charge in [0, 0.05) is 13.2 Å². The number of rotatable bonds is 5. The van der Waals surface area contributed by atoms with Crippen LogP contribution in [0, 0.1) is 0 Å². The zero-order chi connectivity index (χ0) is 15.5. The molecule has 1 atom stereocenters. The quantitative estimate of drug-likeness (QED) is 0.909. The van der Waals surface area contributed by atoms with E-state index in [4.69, 9.17) is 0 Å². The third-order valence-corrected chi connectivity index (χ3v) is 3.93. The van der Waals surface area contributed by atoms with Gasteiger partial charge in [0.1, 0.15) is 0 Å². The molecule has 0 aliphatic carbocycles. The summed E-state index contributed by atoms with van der Waals surface area (Å²) >= 11 is 0. The maximum atomic E-state index is 4.28. The van der Waals surface area contributed by atoms with E-state index in [1.807, 2.05) is 17.9 Å². The summed E-state index contributed by atoms with van der Waals surface area (Å²) in [6.45, 7) is 9.85. The topological polar surface area (TPSA) is 29.9 Å². The third kappa shape index (κ3) is 3.94. The van der Waals surface area contributed by atoms with Crippen LogP contribution in [0.2, 0.25) is 0 Å². The fourth-order valence-corrected chi connectivity index (χ4v) is 2.63. The van der Waals surface area contributed by atoms with Crippen LogP contribution in [0.15, 0.2) is 36.5 Å². The molecule has 0 aliphatic heterocycles. The lowest BCUT2D eigenvalue weighted by atomic mass is 9.86. The molecule has 1 unspecified atom stereocenters. The van der Waals surface area contributed by atoms with Crippen molar-refractivity contribution in [2.45, 2.75) is 45.6 Å². The number of nitrogens with one attached hydrogen (secondary N) is 1. The molecule has 2 rings (SSSR count). The number of benzene rings is 1. The molecule has 3 nitrogen and oxygen atoms in total. The fourth-order valence-electron chi connectivity index (χ4n) is 2.63. The first-order chi connectivity index (χ1) is 9.91. The lowest BCUT2D eigenvalue weighted by Gasteiger charge is -2.21. The molecule has 1 aromatic heterocycles. The average Bonchev–Trinajstić information content (AvgIpc) is 2.84. The highest BCUT2D eigenvalue weighted by Gasteiger charge is 2.16. The summed E-state index contributed by atoms with van der Waals surface area (Å²) in [4.78, 5) is 0. The molecule has 0 aliphatic rings. The zero-order valence-corrected chi connectivity index (χ0v) is 13.9. The number of hydrogen-bond acceptors (Lipinski definition) is 2. The standard InChI is InChI=1S/C18H27N3/c1-6-19-16(17-11-12-20-21(17)5)13-14-7-9-15(10-8-14)18(2,3)4/h7-12,16,19H,6,13H2,1-5H3. The smallest absolute Gasteiger partial charge is 0.0553 e. The predicted molar refractivity (Wildman–Crippen MR) is 88.5 cm³/mol. The van der Waals surface area contributed by atoms with Crippen molar-refractivity contribution in [2.75, 3.05) is 6.54 Å². The highest BCUT2D eigenvalue weighted by molar-refractivity contribution is 5.28. The number of aryl methyl sites for hydroxylation is 1. The second-order valence-electron chi connectivity index (χ2n) is 6.64. The van der Waals surface area contributed by atoms with Crippen LogP contribution >= 0.6 is 0 Å². The Morgan fingerprint density at radius 1 is 1.14 bits per heavy atom. The molecule has 0 radical (unpaired) electrons. The third-order valence-electron chi connectivity index (χ3n) is 3.93. The monoisotopic (exact) mass is 285 g/mol. The molecule has 2 aromatic rings. The second-order valence-corrected chi connectivity index (χ2v) is 6.64. The van der Waals surface area contributed by atoms with E-state index in [-0.39, 0.29) is 5.41 Å². The highest BCUT2D eigenvalue weighted by Crippen LogP contribution is 2.24. The molecular weight excluding hydrogens is 258 g/mol. The molecule has 3 heteroatoms. The van der Waals surface area contributed by atoms with Gasteiger partial charge in [-0.05, 0) is 35.6 Å². The van der Waals surface area contributed by atoms with Crippen LogP contribution in [0.1, 0.15) is 50.6 Å². The lowest BCUT2D eigenvalue weighted by Crippen LogP contribution is -2.25. The Balaban J connectivity index is 2.16. The first-order valence-electron chi connectivity index (χ1n) is 7.72. The minimum absolute atomic E-state index is 0.210. The van der Waals surface area contributed by atoms with Gasteiger partial charge in [0.25, 0.3) is 0 Å². The van der Waals surface area contributed by atoms with Crippen LogP contribution in [-0.4, -0.2) is 16.3 Å². The molecule has 21 heavy (non-hydrogen) atoms. The van der Waals surface area contributed by atoms with Crippen molar-refractivity contribution >= 4 is 0 Å². The largest absolute Gasteiger partial charge is 0.309 e. The predicted octanol–water partition coefficient (Wildman–Crippen LogP) is 3.61. The van der Waals surface area contributed by atoms with Gasteiger partial charge in [-0.1, -0.05) is 52.0 Å². The van der Waals surface area contributed by atoms with E-state index >= 15 is 0 Å². The number of aromatic nitrogens is 2. The summed E-state index contributed by atoms with van der Waals surface area (Å²) in [5, 5.41) is 7.84. The first kappa shape index (κ1) is 15.8. The van der Waals surface area contributed by atoms with Crippen molar-refractivity contribution in [2.24, 2.45) is 7.05 Å². The molecule has 114 valence electrons. The van der Waals surface area contributed by atoms with E-state index < -0.39 is 0 Å². The Kier molecular flexibility index (Phi) is 4.84. The summed E-state index contributed by atoms with van der Waals surface area (Å²) in [6.07, 6.45) is 2.85. The van der Waals surface area contributed by atoms with Crippen molar-refractivity contribution in [1.82, 2.24) is 15.1 Å². The molecule has 1 N–H and O–H groups in total. The zero-order valence-electron chi connectivity index (χ0n) is 13.9. The van der Waals surface area contributed by atoms with Crippen LogP contribution in [0.5, 0.6) is 0 Å². The fraction of sp³-hybridized carbons (Fsp3) is 0.500. The molecule has 0 saturated heterocycles. The summed E-state index contributed by atoms with van der Waals surface area (Å²) in [5.41, 5.74) is 4.18. The Hall–Kier alpha value is -1.61. The van der Waals surface area contributed by atoms with Crippen LogP contribution in [-0.2, 0) is 18.9 Å². The highest BCUT2D eigenvalue weighted by atomic mass is 15.3. The van der Waals surface area contributed by atoms with Crippen molar-refractivity contribution in [3.8, 4) is 0 Å². The Labute approximate surface area is 128 Å². The van der Waals surface area contributed by atoms with Crippen molar-refractivity contribution in [3.05, 3.63) is 53.3 Å². The normalized spacial score (nSPS) is 13.4. The maximum absolute atomic E-state index is 4.28. The summed E-state index contributed by atoms with van der Waals surface area (Å²) in [5.74, 6) is 0. The van der Waals surface area contributed by atoms with Crippen molar-refractivity contribution < 1.29 is 0 Å². The molecule has 0 saturated carbocycles. The molecule has 1 heterocycles. The molecule has 1 aromatic carbocycles. The van der Waals surface area contributed by atoms with Gasteiger partial charge in [-0.15, -0.1) is 0 Å². The van der Waals surface area contributed by atoms with Crippen LogP contribution < -0.4 is 5.32 Å². The number of hydrogen-bond donors (Lipinski definition) is 1. The van der Waals surface area contributed by atoms with Crippen LogP contribution in [0.4, 0.5) is 0 Å². The summed E-state index contributed by atoms with van der Waals surface area (Å²) in [6, 6.07) is 11.4. The summed E-state index contributed by atoms with van der Waals surface area (Å²) in [7, 11) is 2.00. The van der Waals surface area contributed by atoms with E-state index in [0.29, 0.717) is 6.04 Å². The van der Waals surface area contributed by atoms with Gasteiger partial charge < -0.3 is 5.32 Å².